The molecule has 0 fully saturated rings. The minimum atomic E-state index is -0.146. The van der Waals surface area contributed by atoms with Crippen LogP contribution < -0.4 is 0 Å². The van der Waals surface area contributed by atoms with Gasteiger partial charge in [-0.05, 0) is 20.0 Å². The molecule has 0 aromatic rings. The third-order valence-corrected chi connectivity index (χ3v) is 2.00. The topological polar surface area (TPSA) is 3.24 Å². The standard InChI is InChI=1S/C10H14FN/c1-4-5-10(11)9-7-12(3)6-8(9)2/h4-5H,1,6-7H2,2-3H3/b10-5+. The fraction of sp³-hybridized carbons (Fsp3) is 0.400. The van der Waals surface area contributed by atoms with E-state index in [1.54, 1.807) is 0 Å². The van der Waals surface area contributed by atoms with Gasteiger partial charge in [0.1, 0.15) is 5.83 Å². The van der Waals surface area contributed by atoms with E-state index in [0.717, 1.165) is 17.7 Å². The van der Waals surface area contributed by atoms with Crippen molar-refractivity contribution in [2.45, 2.75) is 6.92 Å². The highest BCUT2D eigenvalue weighted by Gasteiger charge is 2.18. The predicted octanol–water partition coefficient (Wildman–Crippen LogP) is 2.29. The van der Waals surface area contributed by atoms with Crippen LogP contribution in [0.15, 0.2) is 35.7 Å². The molecule has 0 aliphatic carbocycles. The first-order valence-electron chi connectivity index (χ1n) is 4.01. The molecular formula is C10H14FN. The van der Waals surface area contributed by atoms with E-state index in [9.17, 15) is 4.39 Å². The molecule has 0 N–H and O–H groups in total. The Morgan fingerprint density at radius 1 is 1.58 bits per heavy atom. The largest absolute Gasteiger partial charge is 0.298 e. The number of hydrogen-bond acceptors (Lipinski definition) is 1. The van der Waals surface area contributed by atoms with Gasteiger partial charge in [-0.15, -0.1) is 0 Å². The summed E-state index contributed by atoms with van der Waals surface area (Å²) < 4.78 is 13.2. The molecule has 1 heterocycles. The zero-order chi connectivity index (χ0) is 9.14. The van der Waals surface area contributed by atoms with Crippen LogP contribution in [0.25, 0.3) is 0 Å². The molecule has 1 aliphatic heterocycles. The van der Waals surface area contributed by atoms with Crippen molar-refractivity contribution in [1.29, 1.82) is 0 Å². The summed E-state index contributed by atoms with van der Waals surface area (Å²) in [6.45, 7) is 7.01. The van der Waals surface area contributed by atoms with Crippen molar-refractivity contribution in [2.75, 3.05) is 20.1 Å². The van der Waals surface area contributed by atoms with Gasteiger partial charge in [-0.1, -0.05) is 18.2 Å². The Morgan fingerprint density at radius 2 is 2.25 bits per heavy atom. The molecule has 2 heteroatoms. The molecule has 0 bridgehead atoms. The van der Waals surface area contributed by atoms with Crippen LogP contribution >= 0.6 is 0 Å². The zero-order valence-electron chi connectivity index (χ0n) is 7.60. The molecule has 0 unspecified atom stereocenters. The average molecular weight is 167 g/mol. The Hall–Kier alpha value is -0.890. The van der Waals surface area contributed by atoms with Crippen LogP contribution in [0.2, 0.25) is 0 Å². The first-order valence-corrected chi connectivity index (χ1v) is 4.01. The Bertz CT molecular complexity index is 251. The van der Waals surface area contributed by atoms with Gasteiger partial charge in [0.2, 0.25) is 0 Å². The monoisotopic (exact) mass is 167 g/mol. The second-order valence-corrected chi connectivity index (χ2v) is 3.18. The van der Waals surface area contributed by atoms with Gasteiger partial charge in [-0.3, -0.25) is 4.90 Å². The molecule has 1 rings (SSSR count). The average Bonchev–Trinajstić information content (AvgIpc) is 2.30. The predicted molar refractivity (Wildman–Crippen MR) is 49.6 cm³/mol. The van der Waals surface area contributed by atoms with Crippen LogP contribution in [0.3, 0.4) is 0 Å². The smallest absolute Gasteiger partial charge is 0.127 e. The lowest BCUT2D eigenvalue weighted by molar-refractivity contribution is 0.421. The summed E-state index contributed by atoms with van der Waals surface area (Å²) in [7, 11) is 1.98. The van der Waals surface area contributed by atoms with Crippen LogP contribution in [-0.2, 0) is 0 Å². The van der Waals surface area contributed by atoms with Crippen molar-refractivity contribution in [3.63, 3.8) is 0 Å². The highest BCUT2D eigenvalue weighted by atomic mass is 19.1. The molecule has 0 saturated carbocycles. The first kappa shape index (κ1) is 9.20. The third-order valence-electron chi connectivity index (χ3n) is 2.00. The van der Waals surface area contributed by atoms with Crippen molar-refractivity contribution < 1.29 is 4.39 Å². The van der Waals surface area contributed by atoms with E-state index in [-0.39, 0.29) is 5.83 Å². The van der Waals surface area contributed by atoms with Gasteiger partial charge >= 0.3 is 0 Å². The number of hydrogen-bond donors (Lipinski definition) is 0. The second-order valence-electron chi connectivity index (χ2n) is 3.18. The van der Waals surface area contributed by atoms with Crippen molar-refractivity contribution in [2.24, 2.45) is 0 Å². The minimum absolute atomic E-state index is 0.146. The quantitative estimate of drug-likeness (QED) is 0.570. The summed E-state index contributed by atoms with van der Waals surface area (Å²) >= 11 is 0. The molecule has 0 atom stereocenters. The number of halogens is 1. The Morgan fingerprint density at radius 3 is 2.67 bits per heavy atom. The summed E-state index contributed by atoms with van der Waals surface area (Å²) in [4.78, 5) is 2.08. The maximum Gasteiger partial charge on any atom is 0.127 e. The lowest BCUT2D eigenvalue weighted by Gasteiger charge is -2.05. The fourth-order valence-electron chi connectivity index (χ4n) is 1.44. The zero-order valence-corrected chi connectivity index (χ0v) is 7.60. The molecule has 12 heavy (non-hydrogen) atoms. The Balaban J connectivity index is 2.82. The molecule has 1 nitrogen and oxygen atoms in total. The lowest BCUT2D eigenvalue weighted by Crippen LogP contribution is -2.14. The van der Waals surface area contributed by atoms with Crippen molar-refractivity contribution in [1.82, 2.24) is 4.90 Å². The van der Waals surface area contributed by atoms with Gasteiger partial charge in [0.15, 0.2) is 0 Å². The number of rotatable bonds is 2. The van der Waals surface area contributed by atoms with Gasteiger partial charge in [-0.25, -0.2) is 4.39 Å². The van der Waals surface area contributed by atoms with Gasteiger partial charge in [0, 0.05) is 18.7 Å². The fourth-order valence-corrected chi connectivity index (χ4v) is 1.44. The molecule has 0 amide bonds. The number of likely N-dealkylation sites (N-methyl/N-ethyl adjacent to an activating group) is 1. The molecule has 0 radical (unpaired) electrons. The maximum atomic E-state index is 13.2. The Kier molecular flexibility index (Phi) is 2.82. The van der Waals surface area contributed by atoms with Crippen LogP contribution in [0.4, 0.5) is 4.39 Å². The molecule has 1 aliphatic rings. The van der Waals surface area contributed by atoms with Gasteiger partial charge in [0.05, 0.1) is 0 Å². The van der Waals surface area contributed by atoms with E-state index in [1.807, 2.05) is 14.0 Å². The van der Waals surface area contributed by atoms with Crippen molar-refractivity contribution in [3.05, 3.63) is 35.7 Å². The van der Waals surface area contributed by atoms with Gasteiger partial charge in [-0.2, -0.15) is 0 Å². The highest BCUT2D eigenvalue weighted by Crippen LogP contribution is 2.23. The summed E-state index contributed by atoms with van der Waals surface area (Å²) in [5.74, 6) is -0.146. The van der Waals surface area contributed by atoms with E-state index in [4.69, 9.17) is 0 Å². The summed E-state index contributed by atoms with van der Waals surface area (Å²) in [5.41, 5.74) is 1.94. The highest BCUT2D eigenvalue weighted by molar-refractivity contribution is 5.36. The van der Waals surface area contributed by atoms with E-state index >= 15 is 0 Å². The van der Waals surface area contributed by atoms with Crippen molar-refractivity contribution in [3.8, 4) is 0 Å². The summed E-state index contributed by atoms with van der Waals surface area (Å²) in [6, 6.07) is 0. The summed E-state index contributed by atoms with van der Waals surface area (Å²) in [6.07, 6.45) is 2.89. The van der Waals surface area contributed by atoms with Crippen LogP contribution in [0.1, 0.15) is 6.92 Å². The van der Waals surface area contributed by atoms with E-state index in [0.29, 0.717) is 6.54 Å². The Labute approximate surface area is 72.9 Å². The van der Waals surface area contributed by atoms with Crippen molar-refractivity contribution >= 4 is 0 Å². The first-order chi connectivity index (χ1) is 5.65. The molecule has 66 valence electrons. The molecular weight excluding hydrogens is 153 g/mol. The number of allylic oxidation sites excluding steroid dienone is 2. The lowest BCUT2D eigenvalue weighted by atomic mass is 10.1. The SMILES string of the molecule is C=C/C=C(/F)C1=C(C)CN(C)C1. The maximum absolute atomic E-state index is 13.2. The van der Waals surface area contributed by atoms with Crippen LogP contribution in [0, 0.1) is 0 Å². The van der Waals surface area contributed by atoms with Crippen LogP contribution in [-0.4, -0.2) is 25.0 Å². The number of nitrogens with zero attached hydrogens (tertiary/aromatic N) is 1. The molecule has 0 aromatic carbocycles. The third kappa shape index (κ3) is 1.83. The molecule has 0 aromatic heterocycles. The van der Waals surface area contributed by atoms with E-state index < -0.39 is 0 Å². The van der Waals surface area contributed by atoms with Gasteiger partial charge < -0.3 is 0 Å². The molecule has 0 saturated heterocycles. The molecule has 0 spiro atoms. The summed E-state index contributed by atoms with van der Waals surface area (Å²) in [5, 5.41) is 0. The van der Waals surface area contributed by atoms with E-state index in [1.165, 1.54) is 12.2 Å². The minimum Gasteiger partial charge on any atom is -0.298 e. The second kappa shape index (κ2) is 3.68. The van der Waals surface area contributed by atoms with Gasteiger partial charge in [0.25, 0.3) is 0 Å². The van der Waals surface area contributed by atoms with Crippen LogP contribution in [0.5, 0.6) is 0 Å². The van der Waals surface area contributed by atoms with E-state index in [2.05, 4.69) is 11.5 Å². The normalized spacial score (nSPS) is 20.4.